The molecule has 1 saturated heterocycles. The van der Waals surface area contributed by atoms with Gasteiger partial charge in [-0.05, 0) is 41.8 Å². The van der Waals surface area contributed by atoms with Crippen LogP contribution in [-0.2, 0) is 34.9 Å². The van der Waals surface area contributed by atoms with Crippen LogP contribution in [0.1, 0.15) is 22.3 Å². The van der Waals surface area contributed by atoms with Gasteiger partial charge >= 0.3 is 18.3 Å². The van der Waals surface area contributed by atoms with Gasteiger partial charge in [0.2, 0.25) is 0 Å². The Morgan fingerprint density at radius 3 is 2.03 bits per heavy atom. The predicted molar refractivity (Wildman–Crippen MR) is 116 cm³/mol. The minimum atomic E-state index is -4.91. The Balaban J connectivity index is 1.62. The third-order valence-corrected chi connectivity index (χ3v) is 5.76. The SMILES string of the molecule is COC(=O)CN1CCN(CCc2ccccc2OCc2cc(C(F)(F)F)cc(C(F)(F)F)c2)CC1. The van der Waals surface area contributed by atoms with Gasteiger partial charge in [0.15, 0.2) is 0 Å². The van der Waals surface area contributed by atoms with Gasteiger partial charge in [-0.2, -0.15) is 26.3 Å². The Morgan fingerprint density at radius 2 is 1.46 bits per heavy atom. The number of hydrogen-bond acceptors (Lipinski definition) is 5. The number of benzene rings is 2. The zero-order valence-electron chi connectivity index (χ0n) is 19.1. The molecule has 1 aliphatic rings. The number of ether oxygens (including phenoxy) is 2. The third kappa shape index (κ3) is 7.86. The quantitative estimate of drug-likeness (QED) is 0.387. The highest BCUT2D eigenvalue weighted by atomic mass is 19.4. The molecule has 0 N–H and O–H groups in total. The van der Waals surface area contributed by atoms with Crippen molar-refractivity contribution >= 4 is 5.97 Å². The number of nitrogens with zero attached hydrogens (tertiary/aromatic N) is 2. The lowest BCUT2D eigenvalue weighted by Crippen LogP contribution is -2.48. The van der Waals surface area contributed by atoms with Gasteiger partial charge in [0.05, 0.1) is 24.8 Å². The Labute approximate surface area is 199 Å². The summed E-state index contributed by atoms with van der Waals surface area (Å²) < 4.78 is 89.0. The van der Waals surface area contributed by atoms with Gasteiger partial charge in [-0.15, -0.1) is 0 Å². The number of para-hydroxylation sites is 1. The highest BCUT2D eigenvalue weighted by molar-refractivity contribution is 5.71. The molecule has 3 rings (SSSR count). The molecule has 5 nitrogen and oxygen atoms in total. The molecule has 0 aliphatic carbocycles. The number of hydrogen-bond donors (Lipinski definition) is 0. The monoisotopic (exact) mass is 504 g/mol. The van der Waals surface area contributed by atoms with E-state index in [0.717, 1.165) is 18.7 Å². The van der Waals surface area contributed by atoms with Gasteiger partial charge in [0, 0.05) is 32.7 Å². The van der Waals surface area contributed by atoms with E-state index in [0.29, 0.717) is 43.9 Å². The molecular weight excluding hydrogens is 478 g/mol. The molecule has 192 valence electrons. The molecule has 0 bridgehead atoms. The first-order valence-electron chi connectivity index (χ1n) is 11.0. The molecule has 0 atom stereocenters. The Morgan fingerprint density at radius 1 is 0.886 bits per heavy atom. The number of piperazine rings is 1. The van der Waals surface area contributed by atoms with E-state index >= 15 is 0 Å². The number of methoxy groups -OCH3 is 1. The van der Waals surface area contributed by atoms with Gasteiger partial charge in [-0.3, -0.25) is 9.69 Å². The van der Waals surface area contributed by atoms with Crippen LogP contribution in [0.15, 0.2) is 42.5 Å². The standard InChI is InChI=1S/C24H26F6N2O3/c1-34-22(33)15-32-10-8-31(9-11-32)7-6-18-4-2-3-5-21(18)35-16-17-12-19(23(25,26)27)14-20(13-17)24(28,29)30/h2-5,12-14H,6-11,15-16H2,1H3. The molecule has 35 heavy (non-hydrogen) atoms. The molecule has 0 aromatic heterocycles. The minimum Gasteiger partial charge on any atom is -0.489 e. The number of carbonyl (C=O) groups is 1. The number of carbonyl (C=O) groups excluding carboxylic acids is 1. The molecule has 0 radical (unpaired) electrons. The van der Waals surface area contributed by atoms with E-state index in [-0.39, 0.29) is 24.1 Å². The summed E-state index contributed by atoms with van der Waals surface area (Å²) in [4.78, 5) is 15.6. The van der Waals surface area contributed by atoms with Crippen molar-refractivity contribution in [2.75, 3.05) is 46.4 Å². The molecule has 1 fully saturated rings. The van der Waals surface area contributed by atoms with E-state index in [4.69, 9.17) is 4.74 Å². The normalized spacial score (nSPS) is 15.7. The van der Waals surface area contributed by atoms with Gasteiger partial charge in [0.1, 0.15) is 12.4 Å². The fourth-order valence-corrected chi connectivity index (χ4v) is 3.81. The van der Waals surface area contributed by atoms with Crippen LogP contribution >= 0.6 is 0 Å². The number of rotatable bonds is 8. The van der Waals surface area contributed by atoms with Gasteiger partial charge in [-0.1, -0.05) is 18.2 Å². The fraction of sp³-hybridized carbons (Fsp3) is 0.458. The van der Waals surface area contributed by atoms with Gasteiger partial charge in [0.25, 0.3) is 0 Å². The number of alkyl halides is 6. The van der Waals surface area contributed by atoms with E-state index in [2.05, 4.69) is 9.64 Å². The van der Waals surface area contributed by atoms with Crippen LogP contribution < -0.4 is 4.74 Å². The average molecular weight is 504 g/mol. The first-order chi connectivity index (χ1) is 16.5. The van der Waals surface area contributed by atoms with E-state index in [9.17, 15) is 31.1 Å². The predicted octanol–water partition coefficient (Wildman–Crippen LogP) is 4.64. The molecule has 1 heterocycles. The molecule has 0 saturated carbocycles. The Kier molecular flexibility index (Phi) is 8.65. The van der Waals surface area contributed by atoms with Crippen molar-refractivity contribution in [3.8, 4) is 5.75 Å². The van der Waals surface area contributed by atoms with Crippen LogP contribution in [0.4, 0.5) is 26.3 Å². The molecule has 11 heteroatoms. The summed E-state index contributed by atoms with van der Waals surface area (Å²) in [6, 6.07) is 8.39. The van der Waals surface area contributed by atoms with Crippen LogP contribution in [0, 0.1) is 0 Å². The maximum Gasteiger partial charge on any atom is 0.416 e. The first kappa shape index (κ1) is 26.8. The first-order valence-corrected chi connectivity index (χ1v) is 11.0. The maximum absolute atomic E-state index is 13.1. The maximum atomic E-state index is 13.1. The zero-order chi connectivity index (χ0) is 25.6. The summed E-state index contributed by atoms with van der Waals surface area (Å²) in [5.41, 5.74) is -2.16. The van der Waals surface area contributed by atoms with Crippen LogP contribution in [0.25, 0.3) is 0 Å². The Bertz CT molecular complexity index is 969. The van der Waals surface area contributed by atoms with Gasteiger partial charge < -0.3 is 14.4 Å². The van der Waals surface area contributed by atoms with E-state index in [1.54, 1.807) is 18.2 Å². The van der Waals surface area contributed by atoms with Crippen LogP contribution in [0.3, 0.4) is 0 Å². The molecule has 0 unspecified atom stereocenters. The number of esters is 1. The zero-order valence-corrected chi connectivity index (χ0v) is 19.1. The summed E-state index contributed by atoms with van der Waals surface area (Å²) in [5.74, 6) is 0.121. The summed E-state index contributed by atoms with van der Waals surface area (Å²) in [6.07, 6.45) is -9.23. The van der Waals surface area contributed by atoms with Crippen molar-refractivity contribution in [3.63, 3.8) is 0 Å². The summed E-state index contributed by atoms with van der Waals surface area (Å²) >= 11 is 0. The van der Waals surface area contributed by atoms with E-state index in [1.165, 1.54) is 7.11 Å². The third-order valence-electron chi connectivity index (χ3n) is 5.76. The highest BCUT2D eigenvalue weighted by Gasteiger charge is 2.37. The second-order valence-electron chi connectivity index (χ2n) is 8.25. The van der Waals surface area contributed by atoms with Crippen molar-refractivity contribution in [3.05, 3.63) is 64.7 Å². The summed E-state index contributed by atoms with van der Waals surface area (Å²) in [6.45, 7) is 3.43. The van der Waals surface area contributed by atoms with Crippen molar-refractivity contribution < 1.29 is 40.6 Å². The van der Waals surface area contributed by atoms with Gasteiger partial charge in [-0.25, -0.2) is 0 Å². The van der Waals surface area contributed by atoms with Crippen LogP contribution in [0.2, 0.25) is 0 Å². The smallest absolute Gasteiger partial charge is 0.416 e. The molecular formula is C24H26F6N2O3. The van der Waals surface area contributed by atoms with Crippen molar-refractivity contribution in [1.29, 1.82) is 0 Å². The van der Waals surface area contributed by atoms with Crippen molar-refractivity contribution in [2.24, 2.45) is 0 Å². The summed E-state index contributed by atoms with van der Waals surface area (Å²) in [7, 11) is 1.35. The molecule has 2 aromatic carbocycles. The summed E-state index contributed by atoms with van der Waals surface area (Å²) in [5, 5.41) is 0. The second kappa shape index (κ2) is 11.3. The Hall–Kier alpha value is -2.79. The molecule has 0 spiro atoms. The topological polar surface area (TPSA) is 42.0 Å². The van der Waals surface area contributed by atoms with E-state index in [1.807, 2.05) is 11.0 Å². The minimum absolute atomic E-state index is 0.0996. The lowest BCUT2D eigenvalue weighted by atomic mass is 10.0. The van der Waals surface area contributed by atoms with Crippen molar-refractivity contribution in [1.82, 2.24) is 9.80 Å². The lowest BCUT2D eigenvalue weighted by Gasteiger charge is -2.34. The number of halogens is 6. The molecule has 0 amide bonds. The lowest BCUT2D eigenvalue weighted by molar-refractivity contribution is -0.144. The second-order valence-corrected chi connectivity index (χ2v) is 8.25. The van der Waals surface area contributed by atoms with Crippen LogP contribution in [0.5, 0.6) is 5.75 Å². The van der Waals surface area contributed by atoms with E-state index < -0.39 is 30.1 Å². The highest BCUT2D eigenvalue weighted by Crippen LogP contribution is 2.36. The molecule has 1 aliphatic heterocycles. The largest absolute Gasteiger partial charge is 0.489 e. The van der Waals surface area contributed by atoms with Crippen molar-refractivity contribution in [2.45, 2.75) is 25.4 Å². The average Bonchev–Trinajstić information content (AvgIpc) is 2.81. The molecule has 2 aromatic rings. The van der Waals surface area contributed by atoms with Crippen LogP contribution in [-0.4, -0.2) is 62.1 Å². The fourth-order valence-electron chi connectivity index (χ4n) is 3.81.